The maximum atomic E-state index is 5.54. The molecule has 1 aromatic heterocycles. The number of nitrogens with two attached hydrogens (primary N) is 1. The molecule has 1 heterocycles. The maximum absolute atomic E-state index is 5.54. The minimum atomic E-state index is -0.138. The van der Waals surface area contributed by atoms with Gasteiger partial charge in [0.1, 0.15) is 17.5 Å². The summed E-state index contributed by atoms with van der Waals surface area (Å²) in [6, 6.07) is 0. The van der Waals surface area contributed by atoms with Gasteiger partial charge < -0.3 is 15.5 Å². The first-order valence-corrected chi connectivity index (χ1v) is 7.00. The van der Waals surface area contributed by atoms with Crippen molar-refractivity contribution in [3.8, 4) is 0 Å². The molecule has 0 saturated heterocycles. The Morgan fingerprint density at radius 3 is 2.35 bits per heavy atom. The number of nitrogen functional groups attached to an aromatic ring is 1. The molecule has 0 amide bonds. The van der Waals surface area contributed by atoms with Crippen molar-refractivity contribution >= 4 is 11.6 Å². The number of nitrogens with one attached hydrogen (secondary N) is 2. The predicted molar refractivity (Wildman–Crippen MR) is 82.9 cm³/mol. The van der Waals surface area contributed by atoms with E-state index in [0.717, 1.165) is 17.2 Å². The van der Waals surface area contributed by atoms with E-state index >= 15 is 0 Å². The number of hydrazine groups is 1. The molecule has 0 fully saturated rings. The summed E-state index contributed by atoms with van der Waals surface area (Å²) in [5.41, 5.74) is 3.41. The lowest BCUT2D eigenvalue weighted by Gasteiger charge is -2.21. The first-order chi connectivity index (χ1) is 9.29. The summed E-state index contributed by atoms with van der Waals surface area (Å²) < 4.78 is 5.51. The average molecular weight is 281 g/mol. The van der Waals surface area contributed by atoms with Gasteiger partial charge in [-0.15, -0.1) is 0 Å². The molecule has 0 aliphatic heterocycles. The quantitative estimate of drug-likeness (QED) is 0.547. The molecule has 0 bridgehead atoms. The van der Waals surface area contributed by atoms with Gasteiger partial charge in [-0.25, -0.2) is 15.8 Å². The molecular formula is C14H27N5O. The molecule has 0 aromatic carbocycles. The Kier molecular flexibility index (Phi) is 5.71. The average Bonchev–Trinajstić information content (AvgIpc) is 2.36. The first-order valence-electron chi connectivity index (χ1n) is 7.00. The van der Waals surface area contributed by atoms with Crippen molar-refractivity contribution in [3.63, 3.8) is 0 Å². The summed E-state index contributed by atoms with van der Waals surface area (Å²) >= 11 is 0. The molecule has 1 rings (SSSR count). The van der Waals surface area contributed by atoms with Crippen LogP contribution in [0.25, 0.3) is 0 Å². The molecule has 1 aromatic rings. The Balaban J connectivity index is 2.99. The van der Waals surface area contributed by atoms with Crippen molar-refractivity contribution in [1.29, 1.82) is 0 Å². The summed E-state index contributed by atoms with van der Waals surface area (Å²) in [5.74, 6) is 7.74. The van der Waals surface area contributed by atoms with Crippen LogP contribution >= 0.6 is 0 Å². The number of aromatic nitrogens is 2. The van der Waals surface area contributed by atoms with E-state index in [9.17, 15) is 0 Å². The molecule has 0 spiro atoms. The van der Waals surface area contributed by atoms with Crippen LogP contribution in [0.4, 0.5) is 11.6 Å². The summed E-state index contributed by atoms with van der Waals surface area (Å²) in [6.45, 7) is 13.6. The standard InChI is InChI=1S/C14H27N5O/c1-7-20-9(2)8-16-11-10(3)12(19-15)18-13(17-11)14(4,5)6/h9H,7-8,15H2,1-6H3,(H2,16,17,18,19). The van der Waals surface area contributed by atoms with E-state index in [1.54, 1.807) is 0 Å². The second-order valence-electron chi connectivity index (χ2n) is 5.91. The fraction of sp³-hybridized carbons (Fsp3) is 0.714. The third-order valence-electron chi connectivity index (χ3n) is 2.96. The number of nitrogens with zero attached hydrogens (tertiary/aromatic N) is 2. The number of ether oxygens (including phenoxy) is 1. The van der Waals surface area contributed by atoms with E-state index in [4.69, 9.17) is 10.6 Å². The van der Waals surface area contributed by atoms with Gasteiger partial charge in [-0.1, -0.05) is 20.8 Å². The first kappa shape index (κ1) is 16.7. The minimum Gasteiger partial charge on any atom is -0.377 e. The van der Waals surface area contributed by atoms with Gasteiger partial charge in [-0.2, -0.15) is 0 Å². The van der Waals surface area contributed by atoms with E-state index in [2.05, 4.69) is 41.5 Å². The topological polar surface area (TPSA) is 85.1 Å². The second-order valence-corrected chi connectivity index (χ2v) is 5.91. The molecule has 1 atom stereocenters. The molecule has 114 valence electrons. The van der Waals surface area contributed by atoms with Gasteiger partial charge in [0, 0.05) is 24.1 Å². The van der Waals surface area contributed by atoms with Crippen molar-refractivity contribution < 1.29 is 4.74 Å². The smallest absolute Gasteiger partial charge is 0.148 e. The van der Waals surface area contributed by atoms with Crippen LogP contribution in [-0.4, -0.2) is 29.2 Å². The summed E-state index contributed by atoms with van der Waals surface area (Å²) in [5, 5.41) is 3.31. The number of hydrogen-bond donors (Lipinski definition) is 3. The Labute approximate surface area is 121 Å². The normalized spacial score (nSPS) is 13.2. The lowest BCUT2D eigenvalue weighted by Crippen LogP contribution is -2.24. The Morgan fingerprint density at radius 2 is 1.85 bits per heavy atom. The molecular weight excluding hydrogens is 254 g/mol. The van der Waals surface area contributed by atoms with Crippen LogP contribution in [0.1, 0.15) is 46.0 Å². The van der Waals surface area contributed by atoms with E-state index in [0.29, 0.717) is 19.0 Å². The highest BCUT2D eigenvalue weighted by molar-refractivity contribution is 5.57. The molecule has 4 N–H and O–H groups in total. The second kappa shape index (κ2) is 6.85. The highest BCUT2D eigenvalue weighted by Gasteiger charge is 2.21. The molecule has 1 unspecified atom stereocenters. The third-order valence-corrected chi connectivity index (χ3v) is 2.96. The molecule has 0 radical (unpaired) electrons. The van der Waals surface area contributed by atoms with Gasteiger partial charge in [0.15, 0.2) is 0 Å². The van der Waals surface area contributed by atoms with Gasteiger partial charge in [0.25, 0.3) is 0 Å². The lowest BCUT2D eigenvalue weighted by atomic mass is 9.95. The van der Waals surface area contributed by atoms with Crippen molar-refractivity contribution in [2.24, 2.45) is 5.84 Å². The van der Waals surface area contributed by atoms with E-state index < -0.39 is 0 Å². The maximum Gasteiger partial charge on any atom is 0.148 e. The minimum absolute atomic E-state index is 0.127. The highest BCUT2D eigenvalue weighted by atomic mass is 16.5. The monoisotopic (exact) mass is 281 g/mol. The fourth-order valence-electron chi connectivity index (χ4n) is 1.75. The van der Waals surface area contributed by atoms with Gasteiger partial charge in [-0.05, 0) is 20.8 Å². The van der Waals surface area contributed by atoms with Crippen molar-refractivity contribution in [2.45, 2.75) is 53.1 Å². The molecule has 6 nitrogen and oxygen atoms in total. The van der Waals surface area contributed by atoms with Gasteiger partial charge in [-0.3, -0.25) is 0 Å². The van der Waals surface area contributed by atoms with Crippen molar-refractivity contribution in [1.82, 2.24) is 9.97 Å². The molecule has 20 heavy (non-hydrogen) atoms. The summed E-state index contributed by atoms with van der Waals surface area (Å²) in [7, 11) is 0. The number of hydrogen-bond acceptors (Lipinski definition) is 6. The number of rotatable bonds is 6. The van der Waals surface area contributed by atoms with Gasteiger partial charge >= 0.3 is 0 Å². The van der Waals surface area contributed by atoms with E-state index in [-0.39, 0.29) is 11.5 Å². The van der Waals surface area contributed by atoms with Gasteiger partial charge in [0.05, 0.1) is 6.10 Å². The van der Waals surface area contributed by atoms with Gasteiger partial charge in [0.2, 0.25) is 0 Å². The predicted octanol–water partition coefficient (Wildman–Crippen LogP) is 2.21. The zero-order chi connectivity index (χ0) is 15.3. The van der Waals surface area contributed by atoms with Crippen LogP contribution in [0.5, 0.6) is 0 Å². The van der Waals surface area contributed by atoms with Crippen LogP contribution in [0.3, 0.4) is 0 Å². The molecule has 6 heteroatoms. The molecule has 0 aliphatic rings. The fourth-order valence-corrected chi connectivity index (χ4v) is 1.75. The third kappa shape index (κ3) is 4.31. The Hall–Kier alpha value is -1.40. The van der Waals surface area contributed by atoms with Crippen LogP contribution in [0.15, 0.2) is 0 Å². The van der Waals surface area contributed by atoms with Crippen molar-refractivity contribution in [2.75, 3.05) is 23.9 Å². The highest BCUT2D eigenvalue weighted by Crippen LogP contribution is 2.25. The molecule has 0 saturated carbocycles. The summed E-state index contributed by atoms with van der Waals surface area (Å²) in [4.78, 5) is 9.08. The van der Waals surface area contributed by atoms with Crippen LogP contribution in [-0.2, 0) is 10.2 Å². The zero-order valence-electron chi connectivity index (χ0n) is 13.4. The van der Waals surface area contributed by atoms with Crippen LogP contribution < -0.4 is 16.6 Å². The Morgan fingerprint density at radius 1 is 1.25 bits per heavy atom. The Bertz CT molecular complexity index is 442. The largest absolute Gasteiger partial charge is 0.377 e. The SMILES string of the molecule is CCOC(C)CNc1nc(C(C)(C)C)nc(NN)c1C. The van der Waals surface area contributed by atoms with E-state index in [1.165, 1.54) is 0 Å². The number of anilines is 2. The van der Waals surface area contributed by atoms with E-state index in [1.807, 2.05) is 20.8 Å². The lowest BCUT2D eigenvalue weighted by molar-refractivity contribution is 0.0854. The van der Waals surface area contributed by atoms with Crippen LogP contribution in [0.2, 0.25) is 0 Å². The van der Waals surface area contributed by atoms with Crippen LogP contribution in [0, 0.1) is 6.92 Å². The zero-order valence-corrected chi connectivity index (χ0v) is 13.4. The summed E-state index contributed by atoms with van der Waals surface area (Å²) in [6.07, 6.45) is 0.127. The van der Waals surface area contributed by atoms with Crippen molar-refractivity contribution in [3.05, 3.63) is 11.4 Å². The molecule has 0 aliphatic carbocycles.